The molecule has 0 aliphatic rings. The van der Waals surface area contributed by atoms with Crippen LogP contribution in [0, 0.1) is 5.82 Å². The average molecular weight is 205 g/mol. The lowest BCUT2D eigenvalue weighted by Gasteiger charge is -2.02. The molecule has 0 aromatic heterocycles. The van der Waals surface area contributed by atoms with Crippen molar-refractivity contribution in [2.24, 2.45) is 5.14 Å². The predicted molar refractivity (Wildman–Crippen MR) is 44.9 cm³/mol. The number of hydrogen-bond donors (Lipinski definition) is 2. The SMILES string of the molecule is NS(=O)(=O)Cc1cccc(F)c1O. The third-order valence-corrected chi connectivity index (χ3v) is 2.14. The maximum atomic E-state index is 12.7. The van der Waals surface area contributed by atoms with Crippen molar-refractivity contribution in [1.82, 2.24) is 0 Å². The molecular weight excluding hydrogens is 197 g/mol. The lowest BCUT2D eigenvalue weighted by atomic mass is 10.2. The summed E-state index contributed by atoms with van der Waals surface area (Å²) in [7, 11) is -3.74. The van der Waals surface area contributed by atoms with E-state index in [9.17, 15) is 12.8 Å². The molecule has 1 aromatic rings. The van der Waals surface area contributed by atoms with Crippen molar-refractivity contribution in [1.29, 1.82) is 0 Å². The molecular formula is C7H8FNO3S. The van der Waals surface area contributed by atoms with Crippen molar-refractivity contribution in [2.75, 3.05) is 0 Å². The normalized spacial score (nSPS) is 11.5. The Kier molecular flexibility index (Phi) is 2.53. The molecule has 72 valence electrons. The Bertz CT molecular complexity index is 416. The summed E-state index contributed by atoms with van der Waals surface area (Å²) >= 11 is 0. The van der Waals surface area contributed by atoms with E-state index in [0.717, 1.165) is 6.07 Å². The topological polar surface area (TPSA) is 80.4 Å². The molecule has 0 amide bonds. The minimum absolute atomic E-state index is 0.0394. The van der Waals surface area contributed by atoms with Crippen molar-refractivity contribution in [3.63, 3.8) is 0 Å². The molecule has 1 rings (SSSR count). The van der Waals surface area contributed by atoms with Gasteiger partial charge in [0.1, 0.15) is 0 Å². The van der Waals surface area contributed by atoms with Gasteiger partial charge in [0.15, 0.2) is 11.6 Å². The first kappa shape index (κ1) is 9.94. The van der Waals surface area contributed by atoms with Crippen LogP contribution in [-0.4, -0.2) is 13.5 Å². The first-order chi connectivity index (χ1) is 5.90. The highest BCUT2D eigenvalue weighted by molar-refractivity contribution is 7.88. The van der Waals surface area contributed by atoms with Gasteiger partial charge in [-0.25, -0.2) is 17.9 Å². The molecule has 0 heterocycles. The highest BCUT2D eigenvalue weighted by Crippen LogP contribution is 2.21. The number of benzene rings is 1. The van der Waals surface area contributed by atoms with Gasteiger partial charge in [0.2, 0.25) is 10.0 Å². The van der Waals surface area contributed by atoms with Gasteiger partial charge in [-0.15, -0.1) is 0 Å². The van der Waals surface area contributed by atoms with E-state index in [1.807, 2.05) is 0 Å². The fourth-order valence-corrected chi connectivity index (χ4v) is 1.56. The molecule has 1 aromatic carbocycles. The van der Waals surface area contributed by atoms with E-state index in [2.05, 4.69) is 0 Å². The molecule has 0 unspecified atom stereocenters. The molecule has 0 saturated heterocycles. The summed E-state index contributed by atoms with van der Waals surface area (Å²) in [5.41, 5.74) is -0.0394. The van der Waals surface area contributed by atoms with Crippen molar-refractivity contribution < 1.29 is 17.9 Å². The van der Waals surface area contributed by atoms with E-state index in [1.165, 1.54) is 12.1 Å². The summed E-state index contributed by atoms with van der Waals surface area (Å²) in [6, 6.07) is 3.63. The average Bonchev–Trinajstić information content (AvgIpc) is 1.96. The van der Waals surface area contributed by atoms with Crippen LogP contribution in [0.25, 0.3) is 0 Å². The molecule has 0 spiro atoms. The quantitative estimate of drug-likeness (QED) is 0.729. The zero-order chi connectivity index (χ0) is 10.1. The first-order valence-electron chi connectivity index (χ1n) is 3.37. The van der Waals surface area contributed by atoms with Gasteiger partial charge in [0, 0.05) is 5.56 Å². The van der Waals surface area contributed by atoms with Gasteiger partial charge < -0.3 is 5.11 Å². The number of para-hydroxylation sites is 1. The van der Waals surface area contributed by atoms with Crippen molar-refractivity contribution in [2.45, 2.75) is 5.75 Å². The number of rotatable bonds is 2. The predicted octanol–water partition coefficient (Wildman–Crippen LogP) is 0.320. The Morgan fingerprint density at radius 3 is 2.62 bits per heavy atom. The Morgan fingerprint density at radius 2 is 2.08 bits per heavy atom. The highest BCUT2D eigenvalue weighted by atomic mass is 32.2. The summed E-state index contributed by atoms with van der Waals surface area (Å²) in [4.78, 5) is 0. The lowest BCUT2D eigenvalue weighted by Crippen LogP contribution is -2.14. The van der Waals surface area contributed by atoms with Gasteiger partial charge >= 0.3 is 0 Å². The number of phenolic OH excluding ortho intramolecular Hbond substituents is 1. The van der Waals surface area contributed by atoms with E-state index in [1.54, 1.807) is 0 Å². The van der Waals surface area contributed by atoms with Gasteiger partial charge in [-0.1, -0.05) is 12.1 Å². The molecule has 4 nitrogen and oxygen atoms in total. The smallest absolute Gasteiger partial charge is 0.213 e. The fraction of sp³-hybridized carbons (Fsp3) is 0.143. The molecule has 0 saturated carbocycles. The molecule has 0 atom stereocenters. The summed E-state index contributed by atoms with van der Waals surface area (Å²) in [5.74, 6) is -2.10. The van der Waals surface area contributed by atoms with E-state index in [4.69, 9.17) is 10.2 Å². The first-order valence-corrected chi connectivity index (χ1v) is 5.08. The van der Waals surface area contributed by atoms with Gasteiger partial charge in [0.05, 0.1) is 5.75 Å². The lowest BCUT2D eigenvalue weighted by molar-refractivity contribution is 0.427. The molecule has 13 heavy (non-hydrogen) atoms. The van der Waals surface area contributed by atoms with Crippen LogP contribution in [0.3, 0.4) is 0 Å². The third kappa shape index (κ3) is 2.67. The number of phenols is 1. The Hall–Kier alpha value is -1.14. The second-order valence-electron chi connectivity index (χ2n) is 2.55. The second-order valence-corrected chi connectivity index (χ2v) is 4.17. The Balaban J connectivity index is 3.10. The van der Waals surface area contributed by atoms with Crippen LogP contribution in [0.5, 0.6) is 5.75 Å². The number of hydrogen-bond acceptors (Lipinski definition) is 3. The van der Waals surface area contributed by atoms with Crippen LogP contribution in [0.2, 0.25) is 0 Å². The maximum Gasteiger partial charge on any atom is 0.213 e. The number of primary sulfonamides is 1. The number of halogens is 1. The second kappa shape index (κ2) is 3.31. The summed E-state index contributed by atoms with van der Waals surface area (Å²) < 4.78 is 33.9. The number of nitrogens with two attached hydrogens (primary N) is 1. The fourth-order valence-electron chi connectivity index (χ4n) is 0.893. The molecule has 6 heteroatoms. The van der Waals surface area contributed by atoms with Gasteiger partial charge in [-0.2, -0.15) is 0 Å². The van der Waals surface area contributed by atoms with E-state index >= 15 is 0 Å². The van der Waals surface area contributed by atoms with Crippen LogP contribution in [-0.2, 0) is 15.8 Å². The zero-order valence-corrected chi connectivity index (χ0v) is 7.38. The number of sulfonamides is 1. The number of aromatic hydroxyl groups is 1. The van der Waals surface area contributed by atoms with Gasteiger partial charge in [-0.05, 0) is 6.07 Å². The molecule has 0 radical (unpaired) electrons. The van der Waals surface area contributed by atoms with Crippen molar-refractivity contribution in [3.8, 4) is 5.75 Å². The summed E-state index contributed by atoms with van der Waals surface area (Å²) in [5, 5.41) is 13.8. The Labute approximate surface area is 74.9 Å². The monoisotopic (exact) mass is 205 g/mol. The van der Waals surface area contributed by atoms with Crippen molar-refractivity contribution >= 4 is 10.0 Å². The Morgan fingerprint density at radius 1 is 1.46 bits per heavy atom. The van der Waals surface area contributed by atoms with Crippen LogP contribution in [0.4, 0.5) is 4.39 Å². The van der Waals surface area contributed by atoms with Crippen LogP contribution in [0.1, 0.15) is 5.56 Å². The minimum atomic E-state index is -3.74. The molecule has 0 aliphatic carbocycles. The summed E-state index contributed by atoms with van der Waals surface area (Å²) in [6.45, 7) is 0. The molecule has 3 N–H and O–H groups in total. The zero-order valence-electron chi connectivity index (χ0n) is 6.57. The molecule has 0 fully saturated rings. The standard InChI is InChI=1S/C7H8FNO3S/c8-6-3-1-2-5(7(6)10)4-13(9,11)12/h1-3,10H,4H2,(H2,9,11,12). The van der Waals surface area contributed by atoms with Gasteiger partial charge in [0.25, 0.3) is 0 Å². The van der Waals surface area contributed by atoms with E-state index < -0.39 is 27.3 Å². The van der Waals surface area contributed by atoms with Crippen molar-refractivity contribution in [3.05, 3.63) is 29.6 Å². The maximum absolute atomic E-state index is 12.7. The van der Waals surface area contributed by atoms with Crippen LogP contribution in [0.15, 0.2) is 18.2 Å². The third-order valence-electron chi connectivity index (χ3n) is 1.43. The highest BCUT2D eigenvalue weighted by Gasteiger charge is 2.11. The molecule has 0 aliphatic heterocycles. The van der Waals surface area contributed by atoms with E-state index in [0.29, 0.717) is 0 Å². The van der Waals surface area contributed by atoms with Crippen LogP contribution >= 0.6 is 0 Å². The molecule has 0 bridgehead atoms. The van der Waals surface area contributed by atoms with Crippen LogP contribution < -0.4 is 5.14 Å². The minimum Gasteiger partial charge on any atom is -0.505 e. The van der Waals surface area contributed by atoms with Gasteiger partial charge in [-0.3, -0.25) is 0 Å². The summed E-state index contributed by atoms with van der Waals surface area (Å²) in [6.07, 6.45) is 0. The largest absolute Gasteiger partial charge is 0.505 e. The van der Waals surface area contributed by atoms with E-state index in [-0.39, 0.29) is 5.56 Å².